The molecule has 0 bridgehead atoms. The fourth-order valence-corrected chi connectivity index (χ4v) is 1.21. The summed E-state index contributed by atoms with van der Waals surface area (Å²) in [6.45, 7) is 1.43. The van der Waals surface area contributed by atoms with Crippen LogP contribution < -0.4 is 0 Å². The molecule has 0 radical (unpaired) electrons. The molecular weight excluding hydrogens is 269 g/mol. The maximum Gasteiger partial charge on any atom is 0.411 e. The van der Waals surface area contributed by atoms with E-state index in [1.165, 1.54) is 0 Å². The second-order valence-electron chi connectivity index (χ2n) is 3.51. The van der Waals surface area contributed by atoms with Gasteiger partial charge in [0.15, 0.2) is 5.92 Å². The van der Waals surface area contributed by atoms with Crippen LogP contribution in [0.3, 0.4) is 0 Å². The van der Waals surface area contributed by atoms with Crippen molar-refractivity contribution in [2.75, 3.05) is 26.4 Å². The zero-order valence-electron chi connectivity index (χ0n) is 10.8. The maximum atomic E-state index is 11.8. The fourth-order valence-electron chi connectivity index (χ4n) is 1.21. The van der Waals surface area contributed by atoms with Gasteiger partial charge in [-0.15, -0.1) is 0 Å². The van der Waals surface area contributed by atoms with Crippen molar-refractivity contribution in [1.82, 2.24) is 0 Å². The summed E-state index contributed by atoms with van der Waals surface area (Å²) in [6.07, 6.45) is -4.66. The molecule has 0 aliphatic carbocycles. The second kappa shape index (κ2) is 8.73. The number of halogens is 3. The number of hydrogen-bond donors (Lipinski definition) is 0. The average Bonchev–Trinajstić information content (AvgIpc) is 2.27. The largest absolute Gasteiger partial charge is 0.465 e. The third kappa shape index (κ3) is 8.41. The Morgan fingerprint density at radius 1 is 1.05 bits per heavy atom. The number of hydrogen-bond acceptors (Lipinski definition) is 5. The van der Waals surface area contributed by atoms with Gasteiger partial charge in [-0.05, 0) is 20.3 Å². The summed E-state index contributed by atoms with van der Waals surface area (Å²) in [4.78, 5) is 22.9. The van der Waals surface area contributed by atoms with Crippen molar-refractivity contribution in [2.45, 2.75) is 26.4 Å². The molecule has 0 aliphatic rings. The normalized spacial score (nSPS) is 11.5. The number of rotatable bonds is 8. The zero-order valence-corrected chi connectivity index (χ0v) is 10.8. The van der Waals surface area contributed by atoms with Crippen molar-refractivity contribution >= 4 is 11.9 Å². The molecule has 0 aromatic rings. The molecule has 0 saturated heterocycles. The van der Waals surface area contributed by atoms with Crippen molar-refractivity contribution < 1.29 is 37.0 Å². The van der Waals surface area contributed by atoms with E-state index >= 15 is 0 Å². The first-order valence-corrected chi connectivity index (χ1v) is 5.79. The molecule has 0 aromatic carbocycles. The van der Waals surface area contributed by atoms with E-state index < -0.39 is 30.6 Å². The molecule has 112 valence electrons. The highest BCUT2D eigenvalue weighted by atomic mass is 19.4. The molecule has 0 saturated carbocycles. The Hall–Kier alpha value is -1.31. The molecule has 0 spiro atoms. The third-order valence-corrected chi connectivity index (χ3v) is 1.96. The van der Waals surface area contributed by atoms with Gasteiger partial charge in [0.2, 0.25) is 0 Å². The van der Waals surface area contributed by atoms with E-state index in [1.807, 2.05) is 0 Å². The predicted molar refractivity (Wildman–Crippen MR) is 58.2 cm³/mol. The van der Waals surface area contributed by atoms with Crippen LogP contribution in [0.25, 0.3) is 0 Å². The van der Waals surface area contributed by atoms with E-state index in [0.29, 0.717) is 0 Å². The van der Waals surface area contributed by atoms with E-state index in [0.717, 1.165) is 0 Å². The average molecular weight is 286 g/mol. The number of esters is 2. The molecule has 0 aliphatic heterocycles. The molecular formula is C11H17F3O5. The molecule has 8 heteroatoms. The predicted octanol–water partition coefficient (Wildman–Crippen LogP) is 1.70. The maximum absolute atomic E-state index is 11.8. The van der Waals surface area contributed by atoms with Crippen molar-refractivity contribution in [3.63, 3.8) is 0 Å². The van der Waals surface area contributed by atoms with Crippen LogP contribution in [0.4, 0.5) is 13.2 Å². The van der Waals surface area contributed by atoms with Gasteiger partial charge in [0.05, 0.1) is 13.2 Å². The van der Waals surface area contributed by atoms with E-state index in [1.54, 1.807) is 13.8 Å². The standard InChI is InChI=1S/C11H17F3O5/c1-3-18-9(15)8(10(16)19-4-2)5-6-17-7-11(12,13)14/h8H,3-7H2,1-2H3. The number of ether oxygens (including phenoxy) is 3. The van der Waals surface area contributed by atoms with Gasteiger partial charge in [0.1, 0.15) is 6.61 Å². The van der Waals surface area contributed by atoms with Gasteiger partial charge < -0.3 is 14.2 Å². The Kier molecular flexibility index (Phi) is 8.13. The molecule has 0 N–H and O–H groups in total. The first-order chi connectivity index (χ1) is 8.81. The van der Waals surface area contributed by atoms with Crippen LogP contribution in [0.15, 0.2) is 0 Å². The van der Waals surface area contributed by atoms with E-state index in [2.05, 4.69) is 14.2 Å². The summed E-state index contributed by atoms with van der Waals surface area (Å²) in [7, 11) is 0. The van der Waals surface area contributed by atoms with Crippen molar-refractivity contribution in [3.8, 4) is 0 Å². The summed E-state index contributed by atoms with van der Waals surface area (Å²) < 4.78 is 49.1. The van der Waals surface area contributed by atoms with Gasteiger partial charge in [-0.2, -0.15) is 13.2 Å². The number of carbonyl (C=O) groups is 2. The van der Waals surface area contributed by atoms with Crippen LogP contribution in [-0.2, 0) is 23.8 Å². The molecule has 0 fully saturated rings. The highest BCUT2D eigenvalue weighted by Crippen LogP contribution is 2.15. The van der Waals surface area contributed by atoms with E-state index in [9.17, 15) is 22.8 Å². The number of carbonyl (C=O) groups excluding carboxylic acids is 2. The summed E-state index contributed by atoms with van der Waals surface area (Å²) in [5, 5.41) is 0. The van der Waals surface area contributed by atoms with E-state index in [4.69, 9.17) is 0 Å². The molecule has 0 unspecified atom stereocenters. The van der Waals surface area contributed by atoms with Gasteiger partial charge in [-0.1, -0.05) is 0 Å². The van der Waals surface area contributed by atoms with Gasteiger partial charge in [-0.3, -0.25) is 9.59 Å². The lowest BCUT2D eigenvalue weighted by molar-refractivity contribution is -0.176. The molecule has 0 heterocycles. The molecule has 0 atom stereocenters. The minimum Gasteiger partial charge on any atom is -0.465 e. The monoisotopic (exact) mass is 286 g/mol. The quantitative estimate of drug-likeness (QED) is 0.386. The van der Waals surface area contributed by atoms with Crippen molar-refractivity contribution in [3.05, 3.63) is 0 Å². The molecule has 0 rings (SSSR count). The van der Waals surface area contributed by atoms with Crippen molar-refractivity contribution in [1.29, 1.82) is 0 Å². The minimum absolute atomic E-state index is 0.0676. The lowest BCUT2D eigenvalue weighted by atomic mass is 10.1. The smallest absolute Gasteiger partial charge is 0.411 e. The molecule has 0 aromatic heterocycles. The summed E-state index contributed by atoms with van der Waals surface area (Å²) in [6, 6.07) is 0. The summed E-state index contributed by atoms with van der Waals surface area (Å²) in [5.74, 6) is -2.90. The SMILES string of the molecule is CCOC(=O)C(CCOCC(F)(F)F)C(=O)OCC. The van der Waals surface area contributed by atoms with Crippen LogP contribution in [0.2, 0.25) is 0 Å². The first-order valence-electron chi connectivity index (χ1n) is 5.79. The Morgan fingerprint density at radius 3 is 1.89 bits per heavy atom. The Bertz CT molecular complexity index is 273. The summed E-state index contributed by atoms with van der Waals surface area (Å²) >= 11 is 0. The van der Waals surface area contributed by atoms with Gasteiger partial charge >= 0.3 is 18.1 Å². The topological polar surface area (TPSA) is 61.8 Å². The Morgan fingerprint density at radius 2 is 1.53 bits per heavy atom. The molecule has 5 nitrogen and oxygen atoms in total. The summed E-state index contributed by atoms with van der Waals surface area (Å²) in [5.41, 5.74) is 0. The van der Waals surface area contributed by atoms with Crippen LogP contribution in [0, 0.1) is 5.92 Å². The lowest BCUT2D eigenvalue weighted by Crippen LogP contribution is -2.30. The Labute approximate surface area is 109 Å². The third-order valence-electron chi connectivity index (χ3n) is 1.96. The molecule has 0 amide bonds. The minimum atomic E-state index is -4.44. The first kappa shape index (κ1) is 17.7. The van der Waals surface area contributed by atoms with Gasteiger partial charge in [0.25, 0.3) is 0 Å². The second-order valence-corrected chi connectivity index (χ2v) is 3.51. The van der Waals surface area contributed by atoms with Gasteiger partial charge in [-0.25, -0.2) is 0 Å². The van der Waals surface area contributed by atoms with Crippen LogP contribution in [0.1, 0.15) is 20.3 Å². The van der Waals surface area contributed by atoms with Gasteiger partial charge in [0, 0.05) is 6.61 Å². The van der Waals surface area contributed by atoms with Crippen LogP contribution >= 0.6 is 0 Å². The Balaban J connectivity index is 4.27. The highest BCUT2D eigenvalue weighted by Gasteiger charge is 2.31. The fraction of sp³-hybridized carbons (Fsp3) is 0.818. The lowest BCUT2D eigenvalue weighted by Gasteiger charge is -2.14. The highest BCUT2D eigenvalue weighted by molar-refractivity contribution is 5.94. The molecule has 19 heavy (non-hydrogen) atoms. The van der Waals surface area contributed by atoms with Crippen molar-refractivity contribution in [2.24, 2.45) is 5.92 Å². The van der Waals surface area contributed by atoms with Crippen LogP contribution in [-0.4, -0.2) is 44.5 Å². The van der Waals surface area contributed by atoms with E-state index in [-0.39, 0.29) is 26.2 Å². The number of alkyl halides is 3. The van der Waals surface area contributed by atoms with Crippen LogP contribution in [0.5, 0.6) is 0 Å². The zero-order chi connectivity index (χ0) is 14.9.